The second-order valence-corrected chi connectivity index (χ2v) is 4.79. The Morgan fingerprint density at radius 3 is 2.65 bits per heavy atom. The number of benzene rings is 1. The van der Waals surface area contributed by atoms with Crippen molar-refractivity contribution < 1.29 is 4.74 Å². The minimum atomic E-state index is 0.232. The number of nitrogens with one attached hydrogen (secondary N) is 1. The number of hydrogen-bond acceptors (Lipinski definition) is 3. The summed E-state index contributed by atoms with van der Waals surface area (Å²) < 4.78 is 5.37. The molecule has 0 saturated carbocycles. The molecule has 1 aromatic heterocycles. The molecule has 0 bridgehead atoms. The number of ether oxygens (including phenoxy) is 1. The maximum absolute atomic E-state index is 5.37. The summed E-state index contributed by atoms with van der Waals surface area (Å²) in [6.07, 6.45) is 0. The lowest BCUT2D eigenvalue weighted by Crippen LogP contribution is -2.17. The van der Waals surface area contributed by atoms with Crippen LogP contribution >= 0.6 is 11.3 Å². The van der Waals surface area contributed by atoms with Gasteiger partial charge in [0, 0.05) is 0 Å². The standard InChI is InChI=1S/C14H17NOS/c1-10-4-5-11(8-13(10)16-3)14(15-2)12-6-7-17-9-12/h4-9,14-15H,1-3H3. The third-order valence-corrected chi connectivity index (χ3v) is 3.63. The van der Waals surface area contributed by atoms with Crippen LogP contribution in [0.4, 0.5) is 0 Å². The van der Waals surface area contributed by atoms with Gasteiger partial charge in [0.1, 0.15) is 5.75 Å². The molecule has 2 nitrogen and oxygen atoms in total. The Bertz CT molecular complexity index is 479. The fourth-order valence-corrected chi connectivity index (χ4v) is 2.67. The van der Waals surface area contributed by atoms with Gasteiger partial charge in [-0.05, 0) is 53.6 Å². The van der Waals surface area contributed by atoms with Crippen LogP contribution in [0.2, 0.25) is 0 Å². The molecule has 1 aromatic carbocycles. The molecule has 0 spiro atoms. The molecule has 2 aromatic rings. The number of thiophene rings is 1. The highest BCUT2D eigenvalue weighted by Crippen LogP contribution is 2.28. The minimum absolute atomic E-state index is 0.232. The first-order chi connectivity index (χ1) is 8.26. The highest BCUT2D eigenvalue weighted by atomic mass is 32.1. The average Bonchev–Trinajstić information content (AvgIpc) is 2.86. The third-order valence-electron chi connectivity index (χ3n) is 2.93. The zero-order valence-corrected chi connectivity index (χ0v) is 11.2. The van der Waals surface area contributed by atoms with Gasteiger partial charge < -0.3 is 10.1 Å². The SMILES string of the molecule is CNC(c1ccsc1)c1ccc(C)c(OC)c1. The molecule has 0 aliphatic rings. The van der Waals surface area contributed by atoms with E-state index in [1.54, 1.807) is 18.4 Å². The lowest BCUT2D eigenvalue weighted by Gasteiger charge is -2.17. The molecule has 2 rings (SSSR count). The van der Waals surface area contributed by atoms with Crippen LogP contribution in [0.5, 0.6) is 5.75 Å². The van der Waals surface area contributed by atoms with E-state index >= 15 is 0 Å². The van der Waals surface area contributed by atoms with Crippen molar-refractivity contribution in [2.75, 3.05) is 14.2 Å². The number of aryl methyl sites for hydroxylation is 1. The molecule has 0 amide bonds. The summed E-state index contributed by atoms with van der Waals surface area (Å²) in [4.78, 5) is 0. The summed E-state index contributed by atoms with van der Waals surface area (Å²) in [5.74, 6) is 0.943. The van der Waals surface area contributed by atoms with Crippen LogP contribution in [0.15, 0.2) is 35.0 Å². The third kappa shape index (κ3) is 2.51. The summed E-state index contributed by atoms with van der Waals surface area (Å²) >= 11 is 1.72. The first-order valence-electron chi connectivity index (χ1n) is 5.60. The van der Waals surface area contributed by atoms with E-state index in [-0.39, 0.29) is 6.04 Å². The van der Waals surface area contributed by atoms with Gasteiger partial charge in [-0.1, -0.05) is 12.1 Å². The number of hydrogen-bond donors (Lipinski definition) is 1. The lowest BCUT2D eigenvalue weighted by atomic mass is 10.00. The van der Waals surface area contributed by atoms with E-state index in [2.05, 4.69) is 47.3 Å². The molecule has 1 heterocycles. The molecule has 0 saturated heterocycles. The normalized spacial score (nSPS) is 12.4. The highest BCUT2D eigenvalue weighted by Gasteiger charge is 2.13. The lowest BCUT2D eigenvalue weighted by molar-refractivity contribution is 0.410. The second-order valence-electron chi connectivity index (χ2n) is 4.01. The first kappa shape index (κ1) is 12.1. The van der Waals surface area contributed by atoms with Gasteiger partial charge >= 0.3 is 0 Å². The fraction of sp³-hybridized carbons (Fsp3) is 0.286. The van der Waals surface area contributed by atoms with Crippen LogP contribution in [0.3, 0.4) is 0 Å². The Morgan fingerprint density at radius 1 is 1.24 bits per heavy atom. The molecule has 1 atom stereocenters. The van der Waals surface area contributed by atoms with Gasteiger partial charge in [0.2, 0.25) is 0 Å². The van der Waals surface area contributed by atoms with Crippen LogP contribution in [0.1, 0.15) is 22.7 Å². The van der Waals surface area contributed by atoms with Crippen molar-refractivity contribution in [2.24, 2.45) is 0 Å². The molecule has 1 N–H and O–H groups in total. The average molecular weight is 247 g/mol. The van der Waals surface area contributed by atoms with Gasteiger partial charge in [-0.25, -0.2) is 0 Å². The Morgan fingerprint density at radius 2 is 2.06 bits per heavy atom. The van der Waals surface area contributed by atoms with E-state index < -0.39 is 0 Å². The van der Waals surface area contributed by atoms with Crippen molar-refractivity contribution in [1.29, 1.82) is 0 Å². The number of methoxy groups -OCH3 is 1. The Labute approximate surface area is 106 Å². The van der Waals surface area contributed by atoms with Crippen LogP contribution in [-0.4, -0.2) is 14.2 Å². The summed E-state index contributed by atoms with van der Waals surface area (Å²) in [6.45, 7) is 2.06. The van der Waals surface area contributed by atoms with Crippen molar-refractivity contribution in [1.82, 2.24) is 5.32 Å². The molecular formula is C14H17NOS. The van der Waals surface area contributed by atoms with E-state index in [1.165, 1.54) is 11.1 Å². The predicted octanol–water partition coefficient (Wildman–Crippen LogP) is 3.37. The Balaban J connectivity index is 2.38. The van der Waals surface area contributed by atoms with Crippen molar-refractivity contribution in [2.45, 2.75) is 13.0 Å². The molecule has 0 aliphatic carbocycles. The molecule has 1 unspecified atom stereocenters. The Kier molecular flexibility index (Phi) is 3.82. The summed E-state index contributed by atoms with van der Waals surface area (Å²) in [7, 11) is 3.69. The maximum atomic E-state index is 5.37. The quantitative estimate of drug-likeness (QED) is 0.894. The van der Waals surface area contributed by atoms with Crippen LogP contribution < -0.4 is 10.1 Å². The predicted molar refractivity (Wildman–Crippen MR) is 73.0 cm³/mol. The maximum Gasteiger partial charge on any atom is 0.122 e. The van der Waals surface area contributed by atoms with Crippen LogP contribution in [0.25, 0.3) is 0 Å². The van der Waals surface area contributed by atoms with Gasteiger partial charge in [0.15, 0.2) is 0 Å². The molecule has 3 heteroatoms. The fourth-order valence-electron chi connectivity index (χ4n) is 1.98. The highest BCUT2D eigenvalue weighted by molar-refractivity contribution is 7.08. The molecule has 0 radical (unpaired) electrons. The van der Waals surface area contributed by atoms with E-state index in [1.807, 2.05) is 7.05 Å². The number of rotatable bonds is 4. The second kappa shape index (κ2) is 5.34. The summed E-state index contributed by atoms with van der Waals surface area (Å²) in [6, 6.07) is 8.74. The van der Waals surface area contributed by atoms with Gasteiger partial charge in [-0.2, -0.15) is 11.3 Å². The molecule has 0 aliphatic heterocycles. The van der Waals surface area contributed by atoms with Gasteiger partial charge in [0.25, 0.3) is 0 Å². The van der Waals surface area contributed by atoms with Crippen molar-refractivity contribution in [3.8, 4) is 5.75 Å². The van der Waals surface area contributed by atoms with Crippen molar-refractivity contribution in [3.05, 3.63) is 51.7 Å². The minimum Gasteiger partial charge on any atom is -0.496 e. The monoisotopic (exact) mass is 247 g/mol. The van der Waals surface area contributed by atoms with E-state index in [4.69, 9.17) is 4.74 Å². The smallest absolute Gasteiger partial charge is 0.122 e. The molecule has 90 valence electrons. The topological polar surface area (TPSA) is 21.3 Å². The molecule has 17 heavy (non-hydrogen) atoms. The zero-order valence-electron chi connectivity index (χ0n) is 10.4. The summed E-state index contributed by atoms with van der Waals surface area (Å²) in [5, 5.41) is 7.62. The van der Waals surface area contributed by atoms with E-state index in [0.29, 0.717) is 0 Å². The van der Waals surface area contributed by atoms with E-state index in [9.17, 15) is 0 Å². The van der Waals surface area contributed by atoms with Crippen LogP contribution in [0, 0.1) is 6.92 Å². The largest absolute Gasteiger partial charge is 0.496 e. The van der Waals surface area contributed by atoms with Gasteiger partial charge in [0.05, 0.1) is 13.2 Å². The van der Waals surface area contributed by atoms with E-state index in [0.717, 1.165) is 11.3 Å². The van der Waals surface area contributed by atoms with Gasteiger partial charge in [-0.15, -0.1) is 0 Å². The molecule has 0 fully saturated rings. The Hall–Kier alpha value is -1.32. The van der Waals surface area contributed by atoms with Crippen molar-refractivity contribution in [3.63, 3.8) is 0 Å². The first-order valence-corrected chi connectivity index (χ1v) is 6.54. The van der Waals surface area contributed by atoms with Gasteiger partial charge in [-0.3, -0.25) is 0 Å². The van der Waals surface area contributed by atoms with Crippen LogP contribution in [-0.2, 0) is 0 Å². The summed E-state index contributed by atoms with van der Waals surface area (Å²) in [5.41, 5.74) is 3.69. The zero-order chi connectivity index (χ0) is 12.3. The molecular weight excluding hydrogens is 230 g/mol. The van der Waals surface area contributed by atoms with Crippen molar-refractivity contribution >= 4 is 11.3 Å².